The summed E-state index contributed by atoms with van der Waals surface area (Å²) in [4.78, 5) is 12.1. The monoisotopic (exact) mass is 367 g/mol. The van der Waals surface area contributed by atoms with Crippen molar-refractivity contribution in [2.24, 2.45) is 0 Å². The highest BCUT2D eigenvalue weighted by molar-refractivity contribution is 8.03. The molecular formula is C16H21N3OS3. The number of hydrogen-bond acceptors (Lipinski definition) is 6. The molecule has 0 aliphatic rings. The Hall–Kier alpha value is -1.05. The first-order valence-electron chi connectivity index (χ1n) is 7.59. The van der Waals surface area contributed by atoms with Crippen molar-refractivity contribution in [3.05, 3.63) is 35.4 Å². The highest BCUT2D eigenvalue weighted by atomic mass is 32.2. The largest absolute Gasteiger partial charge is 0.349 e. The van der Waals surface area contributed by atoms with Crippen LogP contribution in [0.3, 0.4) is 0 Å². The molecule has 0 fully saturated rings. The minimum Gasteiger partial charge on any atom is -0.349 e. The fourth-order valence-corrected chi connectivity index (χ4v) is 4.70. The van der Waals surface area contributed by atoms with E-state index in [-0.39, 0.29) is 11.9 Å². The Labute approximate surface area is 149 Å². The normalized spacial score (nSPS) is 12.1. The van der Waals surface area contributed by atoms with Gasteiger partial charge in [-0.3, -0.25) is 4.79 Å². The lowest BCUT2D eigenvalue weighted by molar-refractivity contribution is -0.119. The number of rotatable bonds is 8. The van der Waals surface area contributed by atoms with Gasteiger partial charge in [0.1, 0.15) is 0 Å². The molecule has 1 aromatic heterocycles. The summed E-state index contributed by atoms with van der Waals surface area (Å²) >= 11 is 4.65. The third-order valence-corrected chi connectivity index (χ3v) is 6.32. The zero-order valence-corrected chi connectivity index (χ0v) is 16.0. The molecule has 1 heterocycles. The average Bonchev–Trinajstić information content (AvgIpc) is 3.01. The molecule has 124 valence electrons. The van der Waals surface area contributed by atoms with Gasteiger partial charge in [-0.25, -0.2) is 0 Å². The van der Waals surface area contributed by atoms with Gasteiger partial charge in [-0.15, -0.1) is 10.2 Å². The summed E-state index contributed by atoms with van der Waals surface area (Å²) in [5.41, 5.74) is 2.43. The summed E-state index contributed by atoms with van der Waals surface area (Å²) in [6.07, 6.45) is 1.03. The van der Waals surface area contributed by atoms with Gasteiger partial charge in [0, 0.05) is 0 Å². The predicted molar refractivity (Wildman–Crippen MR) is 99.4 cm³/mol. The van der Waals surface area contributed by atoms with E-state index >= 15 is 0 Å². The van der Waals surface area contributed by atoms with Gasteiger partial charge in [0.05, 0.1) is 11.8 Å². The van der Waals surface area contributed by atoms with Crippen molar-refractivity contribution >= 4 is 40.8 Å². The summed E-state index contributed by atoms with van der Waals surface area (Å²) < 4.78 is 1.80. The second-order valence-electron chi connectivity index (χ2n) is 4.94. The van der Waals surface area contributed by atoms with Crippen molar-refractivity contribution in [3.8, 4) is 0 Å². The first kappa shape index (κ1) is 18.3. The molecule has 1 N–H and O–H groups in total. The van der Waals surface area contributed by atoms with Crippen LogP contribution in [0.25, 0.3) is 0 Å². The fraction of sp³-hybridized carbons (Fsp3) is 0.438. The molecule has 0 aliphatic heterocycles. The van der Waals surface area contributed by atoms with Gasteiger partial charge >= 0.3 is 0 Å². The van der Waals surface area contributed by atoms with E-state index in [1.807, 2.05) is 6.92 Å². The zero-order valence-electron chi connectivity index (χ0n) is 13.5. The number of nitrogens with one attached hydrogen (secondary N) is 1. The van der Waals surface area contributed by atoms with Crippen LogP contribution in [0.5, 0.6) is 0 Å². The molecule has 2 rings (SSSR count). The van der Waals surface area contributed by atoms with Crippen LogP contribution in [-0.4, -0.2) is 27.6 Å². The molecule has 1 aromatic carbocycles. The van der Waals surface area contributed by atoms with Crippen molar-refractivity contribution in [3.63, 3.8) is 0 Å². The summed E-state index contributed by atoms with van der Waals surface area (Å²) in [5, 5.41) is 11.2. The van der Waals surface area contributed by atoms with Crippen LogP contribution in [-0.2, 0) is 11.2 Å². The van der Waals surface area contributed by atoms with Crippen molar-refractivity contribution in [1.82, 2.24) is 15.5 Å². The standard InChI is InChI=1S/C16H21N3OS3/c1-4-12-6-8-13(9-7-12)11(3)17-14(20)10-22-16-19-18-15(23-16)21-5-2/h6-9,11H,4-5,10H2,1-3H3,(H,17,20)/t11-/m1/s1. The van der Waals surface area contributed by atoms with Crippen LogP contribution < -0.4 is 5.32 Å². The van der Waals surface area contributed by atoms with Crippen LogP contribution >= 0.6 is 34.9 Å². The molecule has 4 nitrogen and oxygen atoms in total. The van der Waals surface area contributed by atoms with E-state index in [1.54, 1.807) is 23.1 Å². The van der Waals surface area contributed by atoms with Crippen molar-refractivity contribution in [1.29, 1.82) is 0 Å². The maximum absolute atomic E-state index is 12.1. The van der Waals surface area contributed by atoms with Gasteiger partial charge in [-0.1, -0.05) is 73.0 Å². The Balaban J connectivity index is 1.80. The molecule has 1 amide bonds. The molecule has 23 heavy (non-hydrogen) atoms. The van der Waals surface area contributed by atoms with E-state index in [0.717, 1.165) is 26.4 Å². The van der Waals surface area contributed by atoms with Crippen LogP contribution in [0, 0.1) is 0 Å². The molecule has 0 saturated heterocycles. The topological polar surface area (TPSA) is 54.9 Å². The minimum absolute atomic E-state index is 0.00892. The molecule has 0 aliphatic carbocycles. The molecule has 1 atom stereocenters. The summed E-state index contributed by atoms with van der Waals surface area (Å²) in [6.45, 7) is 6.22. The number of nitrogens with zero attached hydrogens (tertiary/aromatic N) is 2. The average molecular weight is 368 g/mol. The number of thioether (sulfide) groups is 2. The predicted octanol–water partition coefficient (Wildman–Crippen LogP) is 4.18. The SMILES string of the molecule is CCSc1nnc(SCC(=O)N[C@H](C)c2ccc(CC)cc2)s1. The van der Waals surface area contributed by atoms with Crippen molar-refractivity contribution < 1.29 is 4.79 Å². The van der Waals surface area contributed by atoms with Gasteiger partial charge in [-0.05, 0) is 30.2 Å². The Morgan fingerprint density at radius 1 is 1.17 bits per heavy atom. The lowest BCUT2D eigenvalue weighted by Crippen LogP contribution is -2.28. The summed E-state index contributed by atoms with van der Waals surface area (Å²) in [7, 11) is 0. The van der Waals surface area contributed by atoms with Crippen LogP contribution in [0.15, 0.2) is 32.9 Å². The van der Waals surface area contributed by atoms with E-state index in [2.05, 4.69) is 53.6 Å². The lowest BCUT2D eigenvalue weighted by Gasteiger charge is -2.14. The van der Waals surface area contributed by atoms with E-state index < -0.39 is 0 Å². The fourth-order valence-electron chi connectivity index (χ4n) is 1.97. The Bertz CT molecular complexity index is 628. The van der Waals surface area contributed by atoms with Crippen LogP contribution in [0.1, 0.15) is 37.9 Å². The first-order valence-corrected chi connectivity index (χ1v) is 10.4. The summed E-state index contributed by atoms with van der Waals surface area (Å²) in [6, 6.07) is 8.39. The lowest BCUT2D eigenvalue weighted by atomic mass is 10.1. The van der Waals surface area contributed by atoms with Gasteiger partial charge in [0.15, 0.2) is 8.68 Å². The molecule has 0 spiro atoms. The van der Waals surface area contributed by atoms with Gasteiger partial charge in [0.25, 0.3) is 0 Å². The third-order valence-electron chi connectivity index (χ3n) is 3.25. The Kier molecular flexibility index (Phi) is 7.39. The van der Waals surface area contributed by atoms with Crippen LogP contribution in [0.4, 0.5) is 0 Å². The summed E-state index contributed by atoms with van der Waals surface area (Å²) in [5.74, 6) is 1.36. The quantitative estimate of drug-likeness (QED) is 0.709. The number of aryl methyl sites for hydroxylation is 1. The Morgan fingerprint density at radius 3 is 2.43 bits per heavy atom. The number of carbonyl (C=O) groups excluding carboxylic acids is 1. The number of amides is 1. The molecule has 0 radical (unpaired) electrons. The second kappa shape index (κ2) is 9.30. The van der Waals surface area contributed by atoms with Crippen LogP contribution in [0.2, 0.25) is 0 Å². The van der Waals surface area contributed by atoms with Gasteiger partial charge < -0.3 is 5.32 Å². The van der Waals surface area contributed by atoms with Gasteiger partial charge in [0.2, 0.25) is 5.91 Å². The molecule has 0 bridgehead atoms. The number of hydrogen-bond donors (Lipinski definition) is 1. The van der Waals surface area contributed by atoms with Crippen molar-refractivity contribution in [2.45, 2.75) is 41.9 Å². The minimum atomic E-state index is 0.00892. The third kappa shape index (κ3) is 5.82. The Morgan fingerprint density at radius 2 is 1.83 bits per heavy atom. The number of aromatic nitrogens is 2. The maximum atomic E-state index is 12.1. The molecule has 0 saturated carbocycles. The second-order valence-corrected chi connectivity index (χ2v) is 8.65. The number of benzene rings is 1. The van der Waals surface area contributed by atoms with E-state index in [1.165, 1.54) is 17.3 Å². The highest BCUT2D eigenvalue weighted by Crippen LogP contribution is 2.28. The molecule has 0 unspecified atom stereocenters. The van der Waals surface area contributed by atoms with Gasteiger partial charge in [-0.2, -0.15) is 0 Å². The van der Waals surface area contributed by atoms with Crippen molar-refractivity contribution in [2.75, 3.05) is 11.5 Å². The number of carbonyl (C=O) groups is 1. The van der Waals surface area contributed by atoms with E-state index in [9.17, 15) is 4.79 Å². The zero-order chi connectivity index (χ0) is 16.7. The molecular weight excluding hydrogens is 346 g/mol. The van der Waals surface area contributed by atoms with E-state index in [4.69, 9.17) is 0 Å². The smallest absolute Gasteiger partial charge is 0.230 e. The molecule has 7 heteroatoms. The maximum Gasteiger partial charge on any atom is 0.230 e. The first-order chi connectivity index (χ1) is 11.1. The van der Waals surface area contributed by atoms with E-state index in [0.29, 0.717) is 5.75 Å². The highest BCUT2D eigenvalue weighted by Gasteiger charge is 2.12. The molecule has 2 aromatic rings.